The van der Waals surface area contributed by atoms with Gasteiger partial charge in [-0.3, -0.25) is 14.9 Å². The van der Waals surface area contributed by atoms with Crippen molar-refractivity contribution in [2.75, 3.05) is 0 Å². The molecule has 1 fully saturated rings. The van der Waals surface area contributed by atoms with E-state index in [-0.39, 0.29) is 30.0 Å². The monoisotopic (exact) mass is 221 g/mol. The van der Waals surface area contributed by atoms with Crippen LogP contribution in [0.5, 0.6) is 0 Å². The summed E-state index contributed by atoms with van der Waals surface area (Å²) in [7, 11) is 0. The van der Waals surface area contributed by atoms with Gasteiger partial charge in [0.2, 0.25) is 11.8 Å². The highest BCUT2D eigenvalue weighted by atomic mass is 19.1. The number of imide groups is 1. The Morgan fingerprint density at radius 3 is 2.75 bits per heavy atom. The minimum Gasteiger partial charge on any atom is -0.296 e. The van der Waals surface area contributed by atoms with Crippen LogP contribution in [0.2, 0.25) is 0 Å². The molecule has 0 bridgehead atoms. The summed E-state index contributed by atoms with van der Waals surface area (Å²) in [5.74, 6) is -1.13. The van der Waals surface area contributed by atoms with Crippen LogP contribution >= 0.6 is 0 Å². The minimum atomic E-state index is -0.352. The fourth-order valence-corrected chi connectivity index (χ4v) is 1.82. The van der Waals surface area contributed by atoms with Gasteiger partial charge >= 0.3 is 0 Å². The Morgan fingerprint density at radius 2 is 2.19 bits per heavy atom. The zero-order chi connectivity index (χ0) is 11.7. The average Bonchev–Trinajstić information content (AvgIpc) is 2.51. The molecule has 1 heterocycles. The van der Waals surface area contributed by atoms with Gasteiger partial charge in [-0.15, -0.1) is 0 Å². The van der Waals surface area contributed by atoms with Crippen molar-refractivity contribution < 1.29 is 14.0 Å². The number of carbonyl (C=O) groups excluding carboxylic acids is 2. The highest BCUT2D eigenvalue weighted by Gasteiger charge is 2.30. The van der Waals surface area contributed by atoms with Crippen molar-refractivity contribution >= 4 is 11.8 Å². The second-order valence-electron chi connectivity index (χ2n) is 4.10. The Morgan fingerprint density at radius 1 is 1.44 bits per heavy atom. The van der Waals surface area contributed by atoms with E-state index in [0.717, 1.165) is 5.56 Å². The quantitative estimate of drug-likeness (QED) is 0.766. The van der Waals surface area contributed by atoms with Crippen molar-refractivity contribution in [1.29, 1.82) is 0 Å². The third-order valence-corrected chi connectivity index (χ3v) is 2.78. The molecule has 1 aliphatic heterocycles. The first kappa shape index (κ1) is 10.8. The lowest BCUT2D eigenvalue weighted by atomic mass is 9.97. The maximum absolute atomic E-state index is 13.3. The Labute approximate surface area is 92.7 Å². The third kappa shape index (κ3) is 2.10. The Bertz CT molecular complexity index is 456. The summed E-state index contributed by atoms with van der Waals surface area (Å²) < 4.78 is 13.3. The van der Waals surface area contributed by atoms with Crippen molar-refractivity contribution in [2.24, 2.45) is 5.92 Å². The smallest absolute Gasteiger partial charge is 0.230 e. The lowest BCUT2D eigenvalue weighted by Gasteiger charge is -2.06. The molecule has 1 unspecified atom stereocenters. The summed E-state index contributed by atoms with van der Waals surface area (Å²) in [5, 5.41) is 2.24. The first-order valence-electron chi connectivity index (χ1n) is 5.15. The number of aryl methyl sites for hydroxylation is 1. The highest BCUT2D eigenvalue weighted by molar-refractivity contribution is 6.03. The highest BCUT2D eigenvalue weighted by Crippen LogP contribution is 2.18. The number of hydrogen-bond acceptors (Lipinski definition) is 2. The zero-order valence-corrected chi connectivity index (χ0v) is 8.92. The van der Waals surface area contributed by atoms with Gasteiger partial charge in [-0.05, 0) is 30.5 Å². The number of halogens is 1. The van der Waals surface area contributed by atoms with Gasteiger partial charge in [-0.2, -0.15) is 0 Å². The van der Waals surface area contributed by atoms with Gasteiger partial charge in [-0.1, -0.05) is 12.1 Å². The average molecular weight is 221 g/mol. The SMILES string of the molecule is Cc1ccc(CC2CC(=O)NC2=O)cc1F. The van der Waals surface area contributed by atoms with E-state index in [2.05, 4.69) is 5.32 Å². The summed E-state index contributed by atoms with van der Waals surface area (Å²) in [4.78, 5) is 22.3. The van der Waals surface area contributed by atoms with Crippen LogP contribution in [0.25, 0.3) is 0 Å². The number of hydrogen-bond donors (Lipinski definition) is 1. The van der Waals surface area contributed by atoms with Crippen molar-refractivity contribution in [3.8, 4) is 0 Å². The summed E-state index contributed by atoms with van der Waals surface area (Å²) in [6.45, 7) is 1.69. The van der Waals surface area contributed by atoms with E-state index in [9.17, 15) is 14.0 Å². The van der Waals surface area contributed by atoms with Crippen LogP contribution in [-0.2, 0) is 16.0 Å². The van der Waals surface area contributed by atoms with Crippen LogP contribution < -0.4 is 5.32 Å². The topological polar surface area (TPSA) is 46.2 Å². The van der Waals surface area contributed by atoms with Gasteiger partial charge in [0, 0.05) is 6.42 Å². The van der Waals surface area contributed by atoms with Gasteiger partial charge in [-0.25, -0.2) is 4.39 Å². The standard InChI is InChI=1S/C12H12FNO2/c1-7-2-3-8(5-10(7)13)4-9-6-11(15)14-12(9)16/h2-3,5,9H,4,6H2,1H3,(H,14,15,16). The molecule has 1 aromatic carbocycles. The normalized spacial score (nSPS) is 20.0. The second kappa shape index (κ2) is 4.04. The summed E-state index contributed by atoms with van der Waals surface area (Å²) in [6, 6.07) is 4.89. The third-order valence-electron chi connectivity index (χ3n) is 2.78. The van der Waals surface area contributed by atoms with E-state index in [4.69, 9.17) is 0 Å². The zero-order valence-electron chi connectivity index (χ0n) is 8.92. The molecule has 0 spiro atoms. The summed E-state index contributed by atoms with van der Waals surface area (Å²) >= 11 is 0. The first-order valence-corrected chi connectivity index (χ1v) is 5.15. The maximum atomic E-state index is 13.3. The van der Waals surface area contributed by atoms with Crippen molar-refractivity contribution in [2.45, 2.75) is 19.8 Å². The van der Waals surface area contributed by atoms with Gasteiger partial charge < -0.3 is 0 Å². The molecule has 16 heavy (non-hydrogen) atoms. The number of carbonyl (C=O) groups is 2. The molecule has 0 radical (unpaired) electrons. The fraction of sp³-hybridized carbons (Fsp3) is 0.333. The van der Waals surface area contributed by atoms with Crippen LogP contribution in [0.4, 0.5) is 4.39 Å². The van der Waals surface area contributed by atoms with E-state index in [1.54, 1.807) is 19.1 Å². The molecule has 0 aromatic heterocycles. The summed E-state index contributed by atoms with van der Waals surface area (Å²) in [6.07, 6.45) is 0.614. The molecule has 0 saturated carbocycles. The molecular formula is C12H12FNO2. The van der Waals surface area contributed by atoms with Gasteiger partial charge in [0.05, 0.1) is 5.92 Å². The molecule has 84 valence electrons. The van der Waals surface area contributed by atoms with Crippen LogP contribution in [0.15, 0.2) is 18.2 Å². The predicted molar refractivity (Wildman–Crippen MR) is 56.1 cm³/mol. The van der Waals surface area contributed by atoms with Gasteiger partial charge in [0.25, 0.3) is 0 Å². The molecule has 0 aliphatic carbocycles. The van der Waals surface area contributed by atoms with E-state index in [1.165, 1.54) is 6.07 Å². The van der Waals surface area contributed by atoms with E-state index < -0.39 is 0 Å². The molecule has 2 rings (SSSR count). The van der Waals surface area contributed by atoms with E-state index in [1.807, 2.05) is 0 Å². The minimum absolute atomic E-state index is 0.203. The van der Waals surface area contributed by atoms with Gasteiger partial charge in [0.15, 0.2) is 0 Å². The van der Waals surface area contributed by atoms with Crippen LogP contribution in [-0.4, -0.2) is 11.8 Å². The number of amides is 2. The first-order chi connectivity index (χ1) is 7.56. The van der Waals surface area contributed by atoms with Gasteiger partial charge in [0.1, 0.15) is 5.82 Å². The lowest BCUT2D eigenvalue weighted by Crippen LogP contribution is -2.22. The number of rotatable bonds is 2. The maximum Gasteiger partial charge on any atom is 0.230 e. The lowest BCUT2D eigenvalue weighted by molar-refractivity contribution is -0.125. The Hall–Kier alpha value is -1.71. The second-order valence-corrected chi connectivity index (χ2v) is 4.10. The molecule has 1 aromatic rings. The summed E-state index contributed by atoms with van der Waals surface area (Å²) in [5.41, 5.74) is 1.33. The molecule has 4 heteroatoms. The van der Waals surface area contributed by atoms with Crippen molar-refractivity contribution in [3.63, 3.8) is 0 Å². The van der Waals surface area contributed by atoms with Crippen LogP contribution in [0.1, 0.15) is 17.5 Å². The molecule has 1 saturated heterocycles. The molecule has 2 amide bonds. The molecule has 1 aliphatic rings. The molecule has 3 nitrogen and oxygen atoms in total. The molecular weight excluding hydrogens is 209 g/mol. The fourth-order valence-electron chi connectivity index (χ4n) is 1.82. The predicted octanol–water partition coefficient (Wildman–Crippen LogP) is 1.34. The van der Waals surface area contributed by atoms with Crippen LogP contribution in [0, 0.1) is 18.7 Å². The Balaban J connectivity index is 2.12. The van der Waals surface area contributed by atoms with E-state index in [0.29, 0.717) is 12.0 Å². The molecule has 1 N–H and O–H groups in total. The van der Waals surface area contributed by atoms with Crippen molar-refractivity contribution in [3.05, 3.63) is 35.1 Å². The van der Waals surface area contributed by atoms with Crippen molar-refractivity contribution in [1.82, 2.24) is 5.32 Å². The van der Waals surface area contributed by atoms with Crippen LogP contribution in [0.3, 0.4) is 0 Å². The largest absolute Gasteiger partial charge is 0.296 e. The number of benzene rings is 1. The Kier molecular flexibility index (Phi) is 2.73. The molecule has 1 atom stereocenters. The number of nitrogens with one attached hydrogen (secondary N) is 1. The van der Waals surface area contributed by atoms with E-state index >= 15 is 0 Å².